The predicted octanol–water partition coefficient (Wildman–Crippen LogP) is 1.85. The summed E-state index contributed by atoms with van der Waals surface area (Å²) in [5.74, 6) is 1.32. The van der Waals surface area contributed by atoms with Gasteiger partial charge in [-0.15, -0.1) is 11.6 Å². The van der Waals surface area contributed by atoms with Gasteiger partial charge in [-0.1, -0.05) is 0 Å². The van der Waals surface area contributed by atoms with Gasteiger partial charge in [-0.05, 0) is 13.0 Å². The van der Waals surface area contributed by atoms with Gasteiger partial charge in [0.25, 0.3) is 0 Å². The number of rotatable bonds is 3. The maximum Gasteiger partial charge on any atom is 0.231 e. The summed E-state index contributed by atoms with van der Waals surface area (Å²) < 4.78 is 10.4. The van der Waals surface area contributed by atoms with Crippen molar-refractivity contribution in [3.05, 3.63) is 17.7 Å². The highest BCUT2D eigenvalue weighted by Gasteiger charge is 2.19. The number of nitrogens with zero attached hydrogens (tertiary/aromatic N) is 1. The number of hydrogen-bond donors (Lipinski definition) is 1. The number of alkyl halides is 1. The van der Waals surface area contributed by atoms with Crippen molar-refractivity contribution in [1.29, 1.82) is 0 Å². The third kappa shape index (κ3) is 2.34. The molecule has 2 rings (SSSR count). The van der Waals surface area contributed by atoms with Crippen molar-refractivity contribution in [2.45, 2.75) is 6.92 Å². The Kier molecular flexibility index (Phi) is 3.19. The molecule has 1 aromatic carbocycles. The zero-order chi connectivity index (χ0) is 12.4. The lowest BCUT2D eigenvalue weighted by Crippen LogP contribution is -2.12. The second kappa shape index (κ2) is 4.63. The van der Waals surface area contributed by atoms with Crippen molar-refractivity contribution in [3.8, 4) is 11.5 Å². The molecule has 0 aliphatic carbocycles. The molecule has 0 saturated heterocycles. The number of carbonyl (C=O) groups is 1. The molecule has 2 N–H and O–H groups in total. The van der Waals surface area contributed by atoms with Crippen molar-refractivity contribution in [2.75, 3.05) is 12.7 Å². The van der Waals surface area contributed by atoms with Gasteiger partial charge in [-0.3, -0.25) is 4.79 Å². The molecule has 0 spiro atoms. The van der Waals surface area contributed by atoms with E-state index < -0.39 is 0 Å². The minimum atomic E-state index is -0.121. The van der Waals surface area contributed by atoms with Gasteiger partial charge in [0.2, 0.25) is 6.79 Å². The van der Waals surface area contributed by atoms with Crippen LogP contribution in [-0.4, -0.2) is 24.3 Å². The summed E-state index contributed by atoms with van der Waals surface area (Å²) in [5, 5.41) is 0. The first-order valence-electron chi connectivity index (χ1n) is 4.95. The monoisotopic (exact) mass is 254 g/mol. The number of ketones is 1. The van der Waals surface area contributed by atoms with E-state index in [-0.39, 0.29) is 24.3 Å². The highest BCUT2D eigenvalue weighted by Crippen LogP contribution is 2.38. The minimum Gasteiger partial charge on any atom is -0.454 e. The van der Waals surface area contributed by atoms with Crippen LogP contribution in [0.4, 0.5) is 5.69 Å². The zero-order valence-corrected chi connectivity index (χ0v) is 9.95. The summed E-state index contributed by atoms with van der Waals surface area (Å²) >= 11 is 5.55. The SMILES string of the molecule is CC(=O)c1cc2c(cc1N=C(N)CCl)OCO2. The molecule has 5 nitrogen and oxygen atoms in total. The minimum absolute atomic E-state index is 0.103. The van der Waals surface area contributed by atoms with Gasteiger partial charge in [0.1, 0.15) is 5.84 Å². The third-order valence-corrected chi connectivity index (χ3v) is 2.54. The molecule has 6 heteroatoms. The fourth-order valence-electron chi connectivity index (χ4n) is 1.49. The van der Waals surface area contributed by atoms with Crippen molar-refractivity contribution < 1.29 is 14.3 Å². The molecule has 1 aliphatic rings. The van der Waals surface area contributed by atoms with Gasteiger partial charge in [-0.2, -0.15) is 0 Å². The molecule has 90 valence electrons. The number of fused-ring (bicyclic) bond motifs is 1. The summed E-state index contributed by atoms with van der Waals surface area (Å²) in [6.07, 6.45) is 0. The van der Waals surface area contributed by atoms with Crippen molar-refractivity contribution in [1.82, 2.24) is 0 Å². The molecule has 1 aromatic rings. The molecule has 0 radical (unpaired) electrons. The number of carbonyl (C=O) groups excluding carboxylic acids is 1. The lowest BCUT2D eigenvalue weighted by molar-refractivity contribution is 0.101. The Labute approximate surface area is 103 Å². The third-order valence-electron chi connectivity index (χ3n) is 2.27. The first kappa shape index (κ1) is 11.7. The van der Waals surface area contributed by atoms with Crippen molar-refractivity contribution in [2.24, 2.45) is 10.7 Å². The summed E-state index contributed by atoms with van der Waals surface area (Å²) in [6.45, 7) is 1.60. The second-order valence-electron chi connectivity index (χ2n) is 3.52. The number of benzene rings is 1. The summed E-state index contributed by atoms with van der Waals surface area (Å²) in [5.41, 5.74) is 6.43. The Balaban J connectivity index is 2.52. The van der Waals surface area contributed by atoms with Gasteiger partial charge < -0.3 is 15.2 Å². The number of Topliss-reactive ketones (excluding diaryl/α,β-unsaturated/α-hetero) is 1. The fourth-order valence-corrected chi connectivity index (χ4v) is 1.55. The maximum atomic E-state index is 11.5. The zero-order valence-electron chi connectivity index (χ0n) is 9.20. The molecule has 1 heterocycles. The van der Waals surface area contributed by atoms with Crippen molar-refractivity contribution in [3.63, 3.8) is 0 Å². The molecule has 17 heavy (non-hydrogen) atoms. The lowest BCUT2D eigenvalue weighted by atomic mass is 10.1. The Morgan fingerprint density at radius 2 is 2.12 bits per heavy atom. The van der Waals surface area contributed by atoms with E-state index in [1.54, 1.807) is 12.1 Å². The number of ether oxygens (including phenoxy) is 2. The normalized spacial score (nSPS) is 13.9. The van der Waals surface area contributed by atoms with Crippen LogP contribution < -0.4 is 15.2 Å². The van der Waals surface area contributed by atoms with Crippen LogP contribution in [0.15, 0.2) is 17.1 Å². The van der Waals surface area contributed by atoms with Gasteiger partial charge >= 0.3 is 0 Å². The van der Waals surface area contributed by atoms with E-state index in [4.69, 9.17) is 26.8 Å². The molecule has 0 fully saturated rings. The number of aliphatic imine (C=N–C) groups is 1. The van der Waals surface area contributed by atoms with Gasteiger partial charge in [0.05, 0.1) is 11.6 Å². The first-order chi connectivity index (χ1) is 8.11. The summed E-state index contributed by atoms with van der Waals surface area (Å²) in [6, 6.07) is 3.23. The smallest absolute Gasteiger partial charge is 0.231 e. The van der Waals surface area contributed by atoms with Gasteiger partial charge in [-0.25, -0.2) is 4.99 Å². The van der Waals surface area contributed by atoms with Crippen LogP contribution in [0, 0.1) is 0 Å². The molecule has 0 unspecified atom stereocenters. The van der Waals surface area contributed by atoms with E-state index in [0.29, 0.717) is 22.7 Å². The number of hydrogen-bond acceptors (Lipinski definition) is 4. The average molecular weight is 255 g/mol. The quantitative estimate of drug-likeness (QED) is 0.387. The summed E-state index contributed by atoms with van der Waals surface area (Å²) in [4.78, 5) is 15.6. The molecular formula is C11H11ClN2O3. The van der Waals surface area contributed by atoms with E-state index in [9.17, 15) is 4.79 Å². The highest BCUT2D eigenvalue weighted by atomic mass is 35.5. The van der Waals surface area contributed by atoms with Gasteiger partial charge in [0, 0.05) is 11.6 Å². The maximum absolute atomic E-state index is 11.5. The predicted molar refractivity (Wildman–Crippen MR) is 64.6 cm³/mol. The standard InChI is InChI=1S/C11H11ClN2O3/c1-6(15)7-2-9-10(17-5-16-9)3-8(7)14-11(13)4-12/h2-3H,4-5H2,1H3,(H2,13,14). The Bertz CT molecular complexity index is 500. The second-order valence-corrected chi connectivity index (χ2v) is 3.78. The van der Waals surface area contributed by atoms with Crippen molar-refractivity contribution >= 4 is 28.9 Å². The molecule has 0 atom stereocenters. The number of nitrogens with two attached hydrogens (primary N) is 1. The molecular weight excluding hydrogens is 244 g/mol. The van der Waals surface area contributed by atoms with Crippen LogP contribution in [0.3, 0.4) is 0 Å². The number of halogens is 1. The molecule has 0 aromatic heterocycles. The van der Waals surface area contributed by atoms with Crippen LogP contribution in [0.5, 0.6) is 11.5 Å². The summed E-state index contributed by atoms with van der Waals surface area (Å²) in [7, 11) is 0. The molecule has 0 amide bonds. The molecule has 0 bridgehead atoms. The van der Waals surface area contributed by atoms with E-state index in [2.05, 4.69) is 4.99 Å². The lowest BCUT2D eigenvalue weighted by Gasteiger charge is -2.05. The molecule has 1 aliphatic heterocycles. The van der Waals surface area contributed by atoms with Crippen LogP contribution >= 0.6 is 11.6 Å². The average Bonchev–Trinajstić information content (AvgIpc) is 2.74. The van der Waals surface area contributed by atoms with Crippen LogP contribution in [0.1, 0.15) is 17.3 Å². The Morgan fingerprint density at radius 3 is 2.71 bits per heavy atom. The van der Waals surface area contributed by atoms with Crippen LogP contribution in [0.2, 0.25) is 0 Å². The van der Waals surface area contributed by atoms with E-state index in [0.717, 1.165) is 0 Å². The topological polar surface area (TPSA) is 73.9 Å². The van der Waals surface area contributed by atoms with Crippen LogP contribution in [-0.2, 0) is 0 Å². The van der Waals surface area contributed by atoms with E-state index in [1.807, 2.05) is 0 Å². The van der Waals surface area contributed by atoms with Gasteiger partial charge in [0.15, 0.2) is 17.3 Å². The number of amidine groups is 1. The van der Waals surface area contributed by atoms with E-state index in [1.165, 1.54) is 6.92 Å². The molecule has 0 saturated carbocycles. The van der Waals surface area contributed by atoms with E-state index >= 15 is 0 Å². The fraction of sp³-hybridized carbons (Fsp3) is 0.273. The largest absolute Gasteiger partial charge is 0.454 e. The first-order valence-corrected chi connectivity index (χ1v) is 5.49. The Morgan fingerprint density at radius 1 is 1.47 bits per heavy atom. The Hall–Kier alpha value is -1.75. The van der Waals surface area contributed by atoms with Crippen LogP contribution in [0.25, 0.3) is 0 Å². The highest BCUT2D eigenvalue weighted by molar-refractivity contribution is 6.28.